The molecule has 0 saturated heterocycles. The van der Waals surface area contributed by atoms with Gasteiger partial charge in [0.15, 0.2) is 0 Å². The van der Waals surface area contributed by atoms with Crippen molar-refractivity contribution in [2.45, 2.75) is 51.7 Å². The molecule has 10 nitrogen and oxygen atoms in total. The van der Waals surface area contributed by atoms with Crippen molar-refractivity contribution in [1.29, 1.82) is 0 Å². The van der Waals surface area contributed by atoms with Crippen molar-refractivity contribution in [3.05, 3.63) is 46.5 Å². The van der Waals surface area contributed by atoms with Gasteiger partial charge in [-0.25, -0.2) is 0 Å². The Hall–Kier alpha value is -3.05. The van der Waals surface area contributed by atoms with Gasteiger partial charge in [-0.1, -0.05) is 12.1 Å². The number of nitrogens with one attached hydrogen (secondary N) is 2. The first-order valence-corrected chi connectivity index (χ1v) is 12.4. The summed E-state index contributed by atoms with van der Waals surface area (Å²) in [7, 11) is 3.05. The fraction of sp³-hybridized carbons (Fsp3) is 0.462. The van der Waals surface area contributed by atoms with Crippen LogP contribution < -0.4 is 31.0 Å². The Kier molecular flexibility index (Phi) is 9.14. The minimum Gasteiger partial charge on any atom is -0.496 e. The number of benzene rings is 2. The zero-order chi connectivity index (χ0) is 28.3. The number of fused-ring (bicyclic) bond motifs is 2. The van der Waals surface area contributed by atoms with Gasteiger partial charge in [0.1, 0.15) is 11.5 Å². The summed E-state index contributed by atoms with van der Waals surface area (Å²) in [6, 6.07) is 6.79. The second-order valence-corrected chi connectivity index (χ2v) is 10.2. The van der Waals surface area contributed by atoms with Crippen molar-refractivity contribution < 1.29 is 38.9 Å². The van der Waals surface area contributed by atoms with E-state index in [0.29, 0.717) is 47.6 Å². The summed E-state index contributed by atoms with van der Waals surface area (Å²) in [4.78, 5) is 23.6. The van der Waals surface area contributed by atoms with Crippen LogP contribution in [0.4, 0.5) is 0 Å². The molecular weight excluding hydrogens is 490 g/mol. The topological polar surface area (TPSA) is 147 Å². The Balaban J connectivity index is 0.000000221. The highest BCUT2D eigenvalue weighted by Crippen LogP contribution is 2.27. The van der Waals surface area contributed by atoms with Crippen molar-refractivity contribution >= 4 is 37.3 Å². The van der Waals surface area contributed by atoms with E-state index in [1.165, 1.54) is 13.2 Å². The molecule has 0 aromatic heterocycles. The van der Waals surface area contributed by atoms with Gasteiger partial charge in [0, 0.05) is 13.1 Å². The summed E-state index contributed by atoms with van der Waals surface area (Å²) >= 11 is 0. The molecule has 2 aromatic rings. The Morgan fingerprint density at radius 1 is 0.842 bits per heavy atom. The molecule has 2 heterocycles. The number of hydrogen-bond donors (Lipinski definition) is 5. The second-order valence-electron chi connectivity index (χ2n) is 10.2. The number of hydrogen-bond acceptors (Lipinski definition) is 8. The molecule has 2 aliphatic heterocycles. The molecule has 2 amide bonds. The minimum atomic E-state index is -1.55. The maximum atomic E-state index is 12.0. The fourth-order valence-electron chi connectivity index (χ4n) is 4.00. The molecule has 0 atom stereocenters. The molecule has 5 N–H and O–H groups in total. The molecule has 0 bridgehead atoms. The summed E-state index contributed by atoms with van der Waals surface area (Å²) in [5.74, 6) is 0.614. The van der Waals surface area contributed by atoms with E-state index in [0.717, 1.165) is 23.0 Å². The molecular formula is C26H35B2N2O8. The average Bonchev–Trinajstić information content (AvgIpc) is 2.86. The third kappa shape index (κ3) is 6.50. The number of methoxy groups -OCH3 is 2. The maximum Gasteiger partial charge on any atom is 0.488 e. The van der Waals surface area contributed by atoms with Crippen LogP contribution in [-0.2, 0) is 17.5 Å². The van der Waals surface area contributed by atoms with Crippen LogP contribution in [-0.4, -0.2) is 80.1 Å². The molecule has 1 radical (unpaired) electrons. The predicted octanol–water partition coefficient (Wildman–Crippen LogP) is -0.547. The molecule has 38 heavy (non-hydrogen) atoms. The zero-order valence-corrected chi connectivity index (χ0v) is 22.7. The van der Waals surface area contributed by atoms with E-state index in [9.17, 15) is 14.7 Å². The van der Waals surface area contributed by atoms with Crippen molar-refractivity contribution in [1.82, 2.24) is 10.6 Å². The van der Waals surface area contributed by atoms with E-state index in [-0.39, 0.29) is 11.8 Å². The predicted molar refractivity (Wildman–Crippen MR) is 145 cm³/mol. The largest absolute Gasteiger partial charge is 0.496 e. The van der Waals surface area contributed by atoms with Crippen LogP contribution in [0.5, 0.6) is 11.5 Å². The molecule has 0 saturated carbocycles. The number of carbonyl (C=O) groups excluding carboxylic acids is 2. The second kappa shape index (κ2) is 11.8. The van der Waals surface area contributed by atoms with Gasteiger partial charge in [-0.3, -0.25) is 9.59 Å². The van der Waals surface area contributed by atoms with E-state index in [4.69, 9.17) is 24.2 Å². The monoisotopic (exact) mass is 525 g/mol. The minimum absolute atomic E-state index is 0.109. The quantitative estimate of drug-likeness (QED) is 0.303. The normalized spacial score (nSPS) is 14.7. The van der Waals surface area contributed by atoms with E-state index in [1.54, 1.807) is 40.6 Å². The first kappa shape index (κ1) is 29.5. The third-order valence-corrected chi connectivity index (χ3v) is 6.93. The van der Waals surface area contributed by atoms with Crippen LogP contribution in [0.2, 0.25) is 0 Å². The molecule has 2 aromatic carbocycles. The number of ether oxygens (including phenoxy) is 2. The zero-order valence-electron chi connectivity index (χ0n) is 22.7. The van der Waals surface area contributed by atoms with Crippen LogP contribution in [0.1, 0.15) is 59.5 Å². The summed E-state index contributed by atoms with van der Waals surface area (Å²) in [5.41, 5.74) is 2.22. The van der Waals surface area contributed by atoms with Gasteiger partial charge in [-0.15, -0.1) is 0 Å². The summed E-state index contributed by atoms with van der Waals surface area (Å²) < 4.78 is 16.2. The van der Waals surface area contributed by atoms with Gasteiger partial charge in [0.2, 0.25) is 0 Å². The highest BCUT2D eigenvalue weighted by Gasteiger charge is 2.36. The number of rotatable bonds is 7. The Morgan fingerprint density at radius 2 is 1.34 bits per heavy atom. The number of carbonyl (C=O) groups is 2. The summed E-state index contributed by atoms with van der Waals surface area (Å²) in [5, 5.41) is 33.9. The molecule has 0 unspecified atom stereocenters. The van der Waals surface area contributed by atoms with Crippen LogP contribution >= 0.6 is 0 Å². The highest BCUT2D eigenvalue weighted by atomic mass is 16.5. The van der Waals surface area contributed by atoms with Crippen molar-refractivity contribution in [3.8, 4) is 11.5 Å². The van der Waals surface area contributed by atoms with Crippen molar-refractivity contribution in [2.75, 3.05) is 27.3 Å². The lowest BCUT2D eigenvalue weighted by atomic mass is 9.77. The van der Waals surface area contributed by atoms with Gasteiger partial charge < -0.3 is 39.9 Å². The van der Waals surface area contributed by atoms with Crippen LogP contribution in [0, 0.1) is 0 Å². The summed E-state index contributed by atoms with van der Waals surface area (Å²) in [6.07, 6.45) is 1.42. The maximum absolute atomic E-state index is 12.0. The number of amides is 2. The van der Waals surface area contributed by atoms with Gasteiger partial charge in [0.05, 0.1) is 36.5 Å². The van der Waals surface area contributed by atoms with Gasteiger partial charge in [-0.2, -0.15) is 0 Å². The Morgan fingerprint density at radius 3 is 1.82 bits per heavy atom. The lowest BCUT2D eigenvalue weighted by molar-refractivity contribution is -0.0893. The fourth-order valence-corrected chi connectivity index (χ4v) is 4.00. The Bertz CT molecular complexity index is 1160. The van der Waals surface area contributed by atoms with Gasteiger partial charge in [0.25, 0.3) is 11.8 Å². The highest BCUT2D eigenvalue weighted by molar-refractivity contribution is 6.58. The molecule has 12 heteroatoms. The Labute approximate surface area is 224 Å². The first-order valence-electron chi connectivity index (χ1n) is 12.4. The van der Waals surface area contributed by atoms with E-state index in [1.807, 2.05) is 19.9 Å². The number of aliphatic hydroxyl groups is 1. The summed E-state index contributed by atoms with van der Waals surface area (Å²) in [6.45, 7) is 8.24. The molecule has 2 aliphatic rings. The van der Waals surface area contributed by atoms with Crippen LogP contribution in [0.15, 0.2) is 24.3 Å². The molecule has 0 spiro atoms. The lowest BCUT2D eigenvalue weighted by Crippen LogP contribution is -2.49. The molecule has 0 aliphatic carbocycles. The molecule has 0 fully saturated rings. The van der Waals surface area contributed by atoms with Crippen molar-refractivity contribution in [3.63, 3.8) is 0 Å². The van der Waals surface area contributed by atoms with Gasteiger partial charge >= 0.3 is 14.6 Å². The average molecular weight is 525 g/mol. The van der Waals surface area contributed by atoms with Crippen LogP contribution in [0.25, 0.3) is 0 Å². The van der Waals surface area contributed by atoms with Crippen molar-refractivity contribution in [2.24, 2.45) is 0 Å². The van der Waals surface area contributed by atoms with E-state index >= 15 is 0 Å². The van der Waals surface area contributed by atoms with Gasteiger partial charge in [-0.05, 0) is 74.7 Å². The molecule has 4 rings (SSSR count). The van der Waals surface area contributed by atoms with E-state index < -0.39 is 18.3 Å². The lowest BCUT2D eigenvalue weighted by Gasteiger charge is -2.37. The smallest absolute Gasteiger partial charge is 0.488 e. The standard InChI is InChI=1S/C16H23BNO4.C10H12BNO4/c1-15(2,20)16(3,4)22-17-11-8-10-6-7-18-14(19)13(10)12(9-11)21-5;1-16-8-5-7(11(14)15)4-6-2-3-12-10(13)9(6)8/h8-9,20H,6-7H2,1-5H3,(H,18,19);4-5,14-15H,2-3H2,1H3,(H,12,13). The molecule has 203 valence electrons. The van der Waals surface area contributed by atoms with Crippen LogP contribution in [0.3, 0.4) is 0 Å². The third-order valence-electron chi connectivity index (χ3n) is 6.93. The van der Waals surface area contributed by atoms with E-state index in [2.05, 4.69) is 10.6 Å². The SMILES string of the molecule is COc1cc(B(O)O)cc2c1C(=O)NCC2.COc1cc([B]OC(C)(C)C(C)(C)O)cc2c1C(=O)NCC2. The first-order chi connectivity index (χ1) is 17.8.